The van der Waals surface area contributed by atoms with Crippen molar-refractivity contribution in [2.45, 2.75) is 6.92 Å². The number of carbonyl (C=O) groups is 3. The van der Waals surface area contributed by atoms with Crippen molar-refractivity contribution in [3.8, 4) is 0 Å². The van der Waals surface area contributed by atoms with Gasteiger partial charge in [-0.2, -0.15) is 0 Å². The van der Waals surface area contributed by atoms with E-state index in [2.05, 4.69) is 5.32 Å². The highest BCUT2D eigenvalue weighted by Crippen LogP contribution is 2.23. The highest BCUT2D eigenvalue weighted by Gasteiger charge is 2.18. The maximum Gasteiger partial charge on any atom is 0.340 e. The van der Waals surface area contributed by atoms with Gasteiger partial charge in [-0.15, -0.1) is 0 Å². The molecule has 3 aromatic rings. The Balaban J connectivity index is 1.71. The molecular weight excluding hydrogens is 425 g/mol. The Bertz CT molecular complexity index is 1110. The molecule has 0 radical (unpaired) electrons. The molecule has 0 aliphatic carbocycles. The number of benzene rings is 3. The molecule has 0 bridgehead atoms. The zero-order valence-electron chi connectivity index (χ0n) is 15.9. The molecule has 0 aromatic heterocycles. The number of amides is 1. The van der Waals surface area contributed by atoms with Gasteiger partial charge in [-0.25, -0.2) is 4.79 Å². The summed E-state index contributed by atoms with van der Waals surface area (Å²) in [5.74, 6) is -1.56. The van der Waals surface area contributed by atoms with E-state index in [0.29, 0.717) is 10.6 Å². The number of nitrogens with one attached hydrogen (secondary N) is 1. The molecule has 152 valence electrons. The summed E-state index contributed by atoms with van der Waals surface area (Å²) in [4.78, 5) is 37.3. The number of hydrogen-bond donors (Lipinski definition) is 1. The fourth-order valence-corrected chi connectivity index (χ4v) is 3.16. The van der Waals surface area contributed by atoms with Crippen LogP contribution in [0.5, 0.6) is 0 Å². The van der Waals surface area contributed by atoms with Gasteiger partial charge in [-0.1, -0.05) is 65.2 Å². The number of hydrogen-bond acceptors (Lipinski definition) is 4. The highest BCUT2D eigenvalue weighted by molar-refractivity contribution is 6.37. The van der Waals surface area contributed by atoms with Crippen LogP contribution in [-0.2, 0) is 4.74 Å². The van der Waals surface area contributed by atoms with Crippen LogP contribution in [0, 0.1) is 6.92 Å². The molecule has 0 saturated heterocycles. The molecule has 5 nitrogen and oxygen atoms in total. The second kappa shape index (κ2) is 9.57. The van der Waals surface area contributed by atoms with Crippen molar-refractivity contribution in [2.75, 3.05) is 11.9 Å². The van der Waals surface area contributed by atoms with Gasteiger partial charge in [0.25, 0.3) is 5.91 Å². The molecule has 0 heterocycles. The fraction of sp³-hybridized carbons (Fsp3) is 0.0870. The summed E-state index contributed by atoms with van der Waals surface area (Å²) in [5.41, 5.74) is 2.04. The third-order valence-electron chi connectivity index (χ3n) is 4.28. The quantitative estimate of drug-likeness (QED) is 0.399. The molecule has 30 heavy (non-hydrogen) atoms. The van der Waals surface area contributed by atoms with Gasteiger partial charge in [0.1, 0.15) is 0 Å². The Morgan fingerprint density at radius 2 is 1.60 bits per heavy atom. The van der Waals surface area contributed by atoms with E-state index in [-0.39, 0.29) is 27.6 Å². The summed E-state index contributed by atoms with van der Waals surface area (Å²) < 4.78 is 5.16. The number of ketones is 1. The first-order valence-corrected chi connectivity index (χ1v) is 9.73. The zero-order valence-corrected chi connectivity index (χ0v) is 17.5. The Labute approximate surface area is 183 Å². The molecule has 0 spiro atoms. The topological polar surface area (TPSA) is 72.5 Å². The van der Waals surface area contributed by atoms with E-state index >= 15 is 0 Å². The minimum absolute atomic E-state index is 0.118. The summed E-state index contributed by atoms with van der Waals surface area (Å²) in [6.07, 6.45) is 0. The average molecular weight is 442 g/mol. The summed E-state index contributed by atoms with van der Waals surface area (Å²) in [7, 11) is 0. The maximum absolute atomic E-state index is 12.6. The number of anilines is 1. The molecule has 0 fully saturated rings. The Morgan fingerprint density at radius 1 is 0.900 bits per heavy atom. The van der Waals surface area contributed by atoms with Crippen LogP contribution < -0.4 is 5.32 Å². The van der Waals surface area contributed by atoms with E-state index in [1.54, 1.807) is 36.4 Å². The van der Waals surface area contributed by atoms with Crippen molar-refractivity contribution in [1.82, 2.24) is 0 Å². The van der Waals surface area contributed by atoms with Gasteiger partial charge < -0.3 is 10.1 Å². The fourth-order valence-electron chi connectivity index (χ4n) is 2.67. The molecule has 0 aliphatic heterocycles. The van der Waals surface area contributed by atoms with Gasteiger partial charge in [-0.3, -0.25) is 9.59 Å². The van der Waals surface area contributed by atoms with E-state index in [1.165, 1.54) is 18.2 Å². The lowest BCUT2D eigenvalue weighted by molar-refractivity contribution is 0.0475. The highest BCUT2D eigenvalue weighted by atomic mass is 35.5. The predicted molar refractivity (Wildman–Crippen MR) is 117 cm³/mol. The van der Waals surface area contributed by atoms with Gasteiger partial charge in [0, 0.05) is 10.6 Å². The van der Waals surface area contributed by atoms with Crippen molar-refractivity contribution in [2.24, 2.45) is 0 Å². The molecule has 7 heteroatoms. The first-order chi connectivity index (χ1) is 14.3. The number of para-hydroxylation sites is 1. The van der Waals surface area contributed by atoms with Crippen LogP contribution in [0.15, 0.2) is 66.7 Å². The number of esters is 1. The molecule has 1 N–H and O–H groups in total. The smallest absolute Gasteiger partial charge is 0.340 e. The SMILES string of the molecule is Cc1ccc(C(=O)COC(=O)c2ccccc2NC(=O)c2ccc(Cl)cc2Cl)cc1. The summed E-state index contributed by atoms with van der Waals surface area (Å²) in [6, 6.07) is 17.8. The van der Waals surface area contributed by atoms with Crippen LogP contribution >= 0.6 is 23.2 Å². The number of Topliss-reactive ketones (excluding diaryl/α,β-unsaturated/α-hetero) is 1. The number of rotatable bonds is 6. The van der Waals surface area contributed by atoms with E-state index in [9.17, 15) is 14.4 Å². The van der Waals surface area contributed by atoms with Gasteiger partial charge in [0.15, 0.2) is 12.4 Å². The predicted octanol–water partition coefficient (Wildman–Crippen LogP) is 5.59. The Hall–Kier alpha value is -3.15. The number of halogens is 2. The van der Waals surface area contributed by atoms with Crippen molar-refractivity contribution in [3.63, 3.8) is 0 Å². The van der Waals surface area contributed by atoms with Gasteiger partial charge in [0.2, 0.25) is 0 Å². The van der Waals surface area contributed by atoms with Gasteiger partial charge in [-0.05, 0) is 37.3 Å². The van der Waals surface area contributed by atoms with Crippen LogP contribution in [0.4, 0.5) is 5.69 Å². The molecule has 0 aliphatic rings. The van der Waals surface area contributed by atoms with E-state index in [4.69, 9.17) is 27.9 Å². The molecule has 0 saturated carbocycles. The minimum atomic E-state index is -0.728. The number of aryl methyl sites for hydroxylation is 1. The van der Waals surface area contributed by atoms with Crippen molar-refractivity contribution >= 4 is 46.5 Å². The largest absolute Gasteiger partial charge is 0.454 e. The first kappa shape index (κ1) is 21.6. The van der Waals surface area contributed by atoms with Gasteiger partial charge >= 0.3 is 5.97 Å². The number of ether oxygens (including phenoxy) is 1. The molecular formula is C23H17Cl2NO4. The third-order valence-corrected chi connectivity index (χ3v) is 4.83. The summed E-state index contributed by atoms with van der Waals surface area (Å²) in [6.45, 7) is 1.50. The second-order valence-electron chi connectivity index (χ2n) is 6.49. The monoisotopic (exact) mass is 441 g/mol. The van der Waals surface area contributed by atoms with E-state index < -0.39 is 18.5 Å². The van der Waals surface area contributed by atoms with E-state index in [1.807, 2.05) is 19.1 Å². The molecule has 3 rings (SSSR count). The standard InChI is InChI=1S/C23H17Cl2NO4/c1-14-6-8-15(9-7-14)21(27)13-30-23(29)18-4-2-3-5-20(18)26-22(28)17-11-10-16(24)12-19(17)25/h2-12H,13H2,1H3,(H,26,28). The van der Waals surface area contributed by atoms with Crippen molar-refractivity contribution in [1.29, 1.82) is 0 Å². The molecule has 3 aromatic carbocycles. The Morgan fingerprint density at radius 3 is 2.30 bits per heavy atom. The van der Waals surface area contributed by atoms with Crippen LogP contribution in [0.25, 0.3) is 0 Å². The van der Waals surface area contributed by atoms with Gasteiger partial charge in [0.05, 0.1) is 21.8 Å². The minimum Gasteiger partial charge on any atom is -0.454 e. The second-order valence-corrected chi connectivity index (χ2v) is 7.33. The summed E-state index contributed by atoms with van der Waals surface area (Å²) >= 11 is 11.9. The van der Waals surface area contributed by atoms with Crippen LogP contribution in [-0.4, -0.2) is 24.3 Å². The van der Waals surface area contributed by atoms with E-state index in [0.717, 1.165) is 5.56 Å². The molecule has 0 unspecified atom stereocenters. The van der Waals surface area contributed by atoms with Crippen molar-refractivity contribution < 1.29 is 19.1 Å². The lowest BCUT2D eigenvalue weighted by Gasteiger charge is -2.11. The lowest BCUT2D eigenvalue weighted by Crippen LogP contribution is -2.18. The maximum atomic E-state index is 12.6. The van der Waals surface area contributed by atoms with Crippen LogP contribution in [0.1, 0.15) is 36.6 Å². The third kappa shape index (κ3) is 5.26. The lowest BCUT2D eigenvalue weighted by atomic mass is 10.1. The first-order valence-electron chi connectivity index (χ1n) is 8.97. The Kier molecular flexibility index (Phi) is 6.87. The van der Waals surface area contributed by atoms with Crippen molar-refractivity contribution in [3.05, 3.63) is 99.0 Å². The van der Waals surface area contributed by atoms with Crippen LogP contribution in [0.3, 0.4) is 0 Å². The summed E-state index contributed by atoms with van der Waals surface area (Å²) in [5, 5.41) is 3.23. The molecule has 1 amide bonds. The average Bonchev–Trinajstić information content (AvgIpc) is 2.72. The number of carbonyl (C=O) groups excluding carboxylic acids is 3. The normalized spacial score (nSPS) is 10.4. The zero-order chi connectivity index (χ0) is 21.7. The molecule has 0 atom stereocenters. The van der Waals surface area contributed by atoms with Crippen LogP contribution in [0.2, 0.25) is 10.0 Å².